The van der Waals surface area contributed by atoms with Crippen LogP contribution in [0.5, 0.6) is 0 Å². The van der Waals surface area contributed by atoms with Gasteiger partial charge >= 0.3 is 0 Å². The SMILES string of the molecule is Cc1ccc(S(=O)(=O)N2C(=O)CC[C@H]2C(=O)Nc2cccc(Cl)c2)cc1C. The van der Waals surface area contributed by atoms with E-state index < -0.39 is 27.9 Å². The van der Waals surface area contributed by atoms with Gasteiger partial charge in [-0.25, -0.2) is 12.7 Å². The average Bonchev–Trinajstić information content (AvgIpc) is 3.00. The molecule has 1 aliphatic rings. The molecule has 8 heteroatoms. The third-order valence-corrected chi connectivity index (χ3v) is 6.65. The Kier molecular flexibility index (Phi) is 5.26. The van der Waals surface area contributed by atoms with Crippen LogP contribution >= 0.6 is 11.6 Å². The zero-order valence-electron chi connectivity index (χ0n) is 14.9. The smallest absolute Gasteiger partial charge is 0.267 e. The van der Waals surface area contributed by atoms with Gasteiger partial charge in [-0.15, -0.1) is 0 Å². The topological polar surface area (TPSA) is 83.6 Å². The Morgan fingerprint density at radius 1 is 1.15 bits per heavy atom. The third kappa shape index (κ3) is 3.84. The van der Waals surface area contributed by atoms with Crippen LogP contribution in [0.4, 0.5) is 5.69 Å². The van der Waals surface area contributed by atoms with Crippen LogP contribution in [0.1, 0.15) is 24.0 Å². The number of nitrogens with one attached hydrogen (secondary N) is 1. The summed E-state index contributed by atoms with van der Waals surface area (Å²) < 4.78 is 26.8. The Hall–Kier alpha value is -2.38. The Labute approximate surface area is 163 Å². The van der Waals surface area contributed by atoms with Crippen LogP contribution in [0.2, 0.25) is 5.02 Å². The van der Waals surface area contributed by atoms with E-state index in [-0.39, 0.29) is 17.7 Å². The van der Waals surface area contributed by atoms with E-state index >= 15 is 0 Å². The first-order valence-corrected chi connectivity index (χ1v) is 10.2. The Bertz CT molecular complexity index is 1020. The highest BCUT2D eigenvalue weighted by molar-refractivity contribution is 7.89. The van der Waals surface area contributed by atoms with Crippen molar-refractivity contribution in [1.82, 2.24) is 4.31 Å². The van der Waals surface area contributed by atoms with E-state index in [9.17, 15) is 18.0 Å². The third-order valence-electron chi connectivity index (χ3n) is 4.59. The van der Waals surface area contributed by atoms with Crippen molar-refractivity contribution in [1.29, 1.82) is 0 Å². The Balaban J connectivity index is 1.91. The molecule has 1 aliphatic heterocycles. The minimum atomic E-state index is -4.12. The molecular weight excluding hydrogens is 388 g/mol. The van der Waals surface area contributed by atoms with Gasteiger partial charge < -0.3 is 5.32 Å². The normalized spacial score (nSPS) is 17.2. The first-order chi connectivity index (χ1) is 12.7. The highest BCUT2D eigenvalue weighted by Gasteiger charge is 2.44. The van der Waals surface area contributed by atoms with Gasteiger partial charge in [-0.3, -0.25) is 9.59 Å². The lowest BCUT2D eigenvalue weighted by Gasteiger charge is -2.24. The molecule has 1 saturated heterocycles. The standard InChI is InChI=1S/C19H19ClN2O4S/c1-12-6-7-16(10-13(12)2)27(25,26)22-17(8-9-18(22)23)19(24)21-15-5-3-4-14(20)11-15/h3-7,10-11,17H,8-9H2,1-2H3,(H,21,24)/t17-/m0/s1. The first kappa shape index (κ1) is 19.4. The second-order valence-electron chi connectivity index (χ2n) is 6.49. The van der Waals surface area contributed by atoms with Crippen LogP contribution in [-0.4, -0.2) is 30.6 Å². The van der Waals surface area contributed by atoms with Gasteiger partial charge in [0.2, 0.25) is 11.8 Å². The number of carbonyl (C=O) groups excluding carboxylic acids is 2. The quantitative estimate of drug-likeness (QED) is 0.844. The summed E-state index contributed by atoms with van der Waals surface area (Å²) in [6.07, 6.45) is 0.132. The minimum absolute atomic E-state index is 0.00130. The van der Waals surface area contributed by atoms with Crippen LogP contribution < -0.4 is 5.32 Å². The van der Waals surface area contributed by atoms with Crippen molar-refractivity contribution in [3.63, 3.8) is 0 Å². The van der Waals surface area contributed by atoms with E-state index in [1.807, 2.05) is 6.92 Å². The van der Waals surface area contributed by atoms with E-state index in [2.05, 4.69) is 5.32 Å². The van der Waals surface area contributed by atoms with E-state index in [1.165, 1.54) is 12.1 Å². The summed E-state index contributed by atoms with van der Waals surface area (Å²) in [5.41, 5.74) is 2.18. The molecule has 0 unspecified atom stereocenters. The number of amides is 2. The van der Waals surface area contributed by atoms with Crippen molar-refractivity contribution >= 4 is 39.1 Å². The van der Waals surface area contributed by atoms with Crippen molar-refractivity contribution in [3.05, 3.63) is 58.6 Å². The molecule has 0 aromatic heterocycles. The maximum atomic E-state index is 13.0. The van der Waals surface area contributed by atoms with E-state index in [0.29, 0.717) is 15.0 Å². The summed E-state index contributed by atoms with van der Waals surface area (Å²) in [6.45, 7) is 3.66. The van der Waals surface area contributed by atoms with Gasteiger partial charge in [0.1, 0.15) is 6.04 Å². The molecule has 1 fully saturated rings. The predicted octanol–water partition coefficient (Wildman–Crippen LogP) is 3.28. The average molecular weight is 407 g/mol. The summed E-state index contributed by atoms with van der Waals surface area (Å²) in [4.78, 5) is 25.0. The molecule has 6 nitrogen and oxygen atoms in total. The lowest BCUT2D eigenvalue weighted by atomic mass is 10.1. The minimum Gasteiger partial charge on any atom is -0.324 e. The highest BCUT2D eigenvalue weighted by Crippen LogP contribution is 2.29. The van der Waals surface area contributed by atoms with Gasteiger partial charge in [-0.05, 0) is 61.7 Å². The zero-order valence-corrected chi connectivity index (χ0v) is 16.5. The second kappa shape index (κ2) is 7.32. The number of rotatable bonds is 4. The second-order valence-corrected chi connectivity index (χ2v) is 8.75. The van der Waals surface area contributed by atoms with E-state index in [4.69, 9.17) is 11.6 Å². The summed E-state index contributed by atoms with van der Waals surface area (Å²) in [6, 6.07) is 10.1. The number of hydrogen-bond acceptors (Lipinski definition) is 4. The van der Waals surface area contributed by atoms with Crippen molar-refractivity contribution in [3.8, 4) is 0 Å². The van der Waals surface area contributed by atoms with Gasteiger partial charge in [-0.2, -0.15) is 0 Å². The van der Waals surface area contributed by atoms with Gasteiger partial charge in [0.25, 0.3) is 10.0 Å². The van der Waals surface area contributed by atoms with Crippen LogP contribution in [0.15, 0.2) is 47.4 Å². The summed E-state index contributed by atoms with van der Waals surface area (Å²) in [7, 11) is -4.12. The molecule has 0 bridgehead atoms. The van der Waals surface area contributed by atoms with Gasteiger partial charge in [0.15, 0.2) is 0 Å². The largest absolute Gasteiger partial charge is 0.324 e. The van der Waals surface area contributed by atoms with Crippen molar-refractivity contribution in [2.75, 3.05) is 5.32 Å². The van der Waals surface area contributed by atoms with Crippen LogP contribution in [0.25, 0.3) is 0 Å². The number of nitrogens with zero attached hydrogens (tertiary/aromatic N) is 1. The molecular formula is C19H19ClN2O4S. The van der Waals surface area contributed by atoms with Gasteiger partial charge in [-0.1, -0.05) is 23.7 Å². The van der Waals surface area contributed by atoms with E-state index in [1.54, 1.807) is 37.3 Å². The molecule has 1 N–H and O–H groups in total. The van der Waals surface area contributed by atoms with Crippen LogP contribution in [0.3, 0.4) is 0 Å². The fourth-order valence-corrected chi connectivity index (χ4v) is 4.86. The molecule has 0 radical (unpaired) electrons. The zero-order chi connectivity index (χ0) is 19.8. The molecule has 2 aromatic carbocycles. The maximum absolute atomic E-state index is 13.0. The summed E-state index contributed by atoms with van der Waals surface area (Å²) in [5, 5.41) is 3.08. The Morgan fingerprint density at radius 2 is 1.89 bits per heavy atom. The molecule has 0 aliphatic carbocycles. The van der Waals surface area contributed by atoms with Gasteiger partial charge in [0.05, 0.1) is 4.90 Å². The van der Waals surface area contributed by atoms with Gasteiger partial charge in [0, 0.05) is 17.1 Å². The molecule has 27 heavy (non-hydrogen) atoms. The lowest BCUT2D eigenvalue weighted by molar-refractivity contribution is -0.128. The fraction of sp³-hybridized carbons (Fsp3) is 0.263. The van der Waals surface area contributed by atoms with Crippen LogP contribution in [-0.2, 0) is 19.6 Å². The molecule has 2 amide bonds. The molecule has 0 saturated carbocycles. The number of halogens is 1. The number of anilines is 1. The fourth-order valence-electron chi connectivity index (χ4n) is 2.98. The molecule has 2 aromatic rings. The number of hydrogen-bond donors (Lipinski definition) is 1. The maximum Gasteiger partial charge on any atom is 0.267 e. The molecule has 1 heterocycles. The number of aryl methyl sites for hydroxylation is 2. The Morgan fingerprint density at radius 3 is 2.56 bits per heavy atom. The molecule has 142 valence electrons. The van der Waals surface area contributed by atoms with Crippen LogP contribution in [0, 0.1) is 13.8 Å². The highest BCUT2D eigenvalue weighted by atomic mass is 35.5. The molecule has 3 rings (SSSR count). The first-order valence-electron chi connectivity index (χ1n) is 8.41. The number of sulfonamides is 1. The predicted molar refractivity (Wildman–Crippen MR) is 103 cm³/mol. The molecule has 1 atom stereocenters. The van der Waals surface area contributed by atoms with Crippen molar-refractivity contribution in [2.24, 2.45) is 0 Å². The number of carbonyl (C=O) groups is 2. The summed E-state index contributed by atoms with van der Waals surface area (Å²) >= 11 is 5.91. The molecule has 0 spiro atoms. The lowest BCUT2D eigenvalue weighted by Crippen LogP contribution is -2.45. The monoisotopic (exact) mass is 406 g/mol. The van der Waals surface area contributed by atoms with E-state index in [0.717, 1.165) is 11.1 Å². The summed E-state index contributed by atoms with van der Waals surface area (Å²) in [5.74, 6) is -1.14. The van der Waals surface area contributed by atoms with Crippen molar-refractivity contribution in [2.45, 2.75) is 37.6 Å². The van der Waals surface area contributed by atoms with Crippen molar-refractivity contribution < 1.29 is 18.0 Å². The number of benzene rings is 2.